The van der Waals surface area contributed by atoms with Gasteiger partial charge in [-0.1, -0.05) is 34.1 Å². The van der Waals surface area contributed by atoms with Gasteiger partial charge in [0.1, 0.15) is 0 Å². The van der Waals surface area contributed by atoms with Crippen LogP contribution >= 0.6 is 0 Å². The first-order valence-corrected chi connectivity index (χ1v) is 5.92. The molecular weight excluding hydrogens is 172 g/mol. The van der Waals surface area contributed by atoms with E-state index in [1.807, 2.05) is 0 Å². The van der Waals surface area contributed by atoms with E-state index in [0.29, 0.717) is 11.3 Å². The lowest BCUT2D eigenvalue weighted by Gasteiger charge is -2.25. The van der Waals surface area contributed by atoms with Gasteiger partial charge in [-0.2, -0.15) is 0 Å². The van der Waals surface area contributed by atoms with Crippen LogP contribution in [0.15, 0.2) is 0 Å². The molecule has 0 radical (unpaired) electrons. The summed E-state index contributed by atoms with van der Waals surface area (Å²) in [4.78, 5) is 0. The van der Waals surface area contributed by atoms with Crippen LogP contribution in [0.3, 0.4) is 0 Å². The lowest BCUT2D eigenvalue weighted by atomic mass is 9.88. The van der Waals surface area contributed by atoms with Crippen LogP contribution < -0.4 is 11.1 Å². The molecule has 1 unspecified atom stereocenters. The highest BCUT2D eigenvalue weighted by molar-refractivity contribution is 4.71. The molecule has 0 rings (SSSR count). The van der Waals surface area contributed by atoms with Crippen LogP contribution in [0.25, 0.3) is 0 Å². The van der Waals surface area contributed by atoms with Gasteiger partial charge in [0.25, 0.3) is 0 Å². The summed E-state index contributed by atoms with van der Waals surface area (Å²) in [6.45, 7) is 12.2. The van der Waals surface area contributed by atoms with Gasteiger partial charge in [0.15, 0.2) is 0 Å². The maximum atomic E-state index is 5.51. The SMILES string of the molecule is CCCC(C)(C)CNCC(C)CCN. The van der Waals surface area contributed by atoms with Crippen LogP contribution in [0.2, 0.25) is 0 Å². The molecule has 0 bridgehead atoms. The Morgan fingerprint density at radius 2 is 2.00 bits per heavy atom. The molecule has 0 amide bonds. The van der Waals surface area contributed by atoms with Crippen molar-refractivity contribution in [1.82, 2.24) is 5.32 Å². The van der Waals surface area contributed by atoms with Crippen LogP contribution in [0, 0.1) is 11.3 Å². The van der Waals surface area contributed by atoms with Crippen molar-refractivity contribution in [1.29, 1.82) is 0 Å². The van der Waals surface area contributed by atoms with Crippen molar-refractivity contribution >= 4 is 0 Å². The topological polar surface area (TPSA) is 38.0 Å². The minimum atomic E-state index is 0.442. The van der Waals surface area contributed by atoms with Crippen LogP contribution in [0.5, 0.6) is 0 Å². The van der Waals surface area contributed by atoms with Crippen LogP contribution in [0.4, 0.5) is 0 Å². The van der Waals surface area contributed by atoms with Crippen molar-refractivity contribution in [3.05, 3.63) is 0 Å². The van der Waals surface area contributed by atoms with E-state index in [4.69, 9.17) is 5.73 Å². The van der Waals surface area contributed by atoms with Crippen molar-refractivity contribution in [3.8, 4) is 0 Å². The van der Waals surface area contributed by atoms with Crippen molar-refractivity contribution < 1.29 is 0 Å². The predicted molar refractivity (Wildman–Crippen MR) is 64.4 cm³/mol. The van der Waals surface area contributed by atoms with Crippen molar-refractivity contribution in [2.75, 3.05) is 19.6 Å². The van der Waals surface area contributed by atoms with Gasteiger partial charge in [-0.15, -0.1) is 0 Å². The van der Waals surface area contributed by atoms with Gasteiger partial charge in [-0.25, -0.2) is 0 Å². The van der Waals surface area contributed by atoms with Crippen molar-refractivity contribution in [2.45, 2.75) is 47.0 Å². The van der Waals surface area contributed by atoms with E-state index in [-0.39, 0.29) is 0 Å². The van der Waals surface area contributed by atoms with Crippen molar-refractivity contribution in [3.63, 3.8) is 0 Å². The lowest BCUT2D eigenvalue weighted by Crippen LogP contribution is -2.32. The summed E-state index contributed by atoms with van der Waals surface area (Å²) in [5.74, 6) is 0.706. The molecule has 2 heteroatoms. The van der Waals surface area contributed by atoms with Gasteiger partial charge >= 0.3 is 0 Å². The monoisotopic (exact) mass is 200 g/mol. The highest BCUT2D eigenvalue weighted by Gasteiger charge is 2.15. The minimum Gasteiger partial charge on any atom is -0.330 e. The van der Waals surface area contributed by atoms with Gasteiger partial charge in [0.2, 0.25) is 0 Å². The fraction of sp³-hybridized carbons (Fsp3) is 1.00. The molecule has 0 spiro atoms. The normalized spacial score (nSPS) is 14.4. The zero-order valence-corrected chi connectivity index (χ0v) is 10.4. The summed E-state index contributed by atoms with van der Waals surface area (Å²) in [7, 11) is 0. The zero-order chi connectivity index (χ0) is 11.0. The zero-order valence-electron chi connectivity index (χ0n) is 10.4. The number of hydrogen-bond donors (Lipinski definition) is 2. The first kappa shape index (κ1) is 13.9. The third kappa shape index (κ3) is 7.34. The minimum absolute atomic E-state index is 0.442. The second kappa shape index (κ2) is 7.24. The highest BCUT2D eigenvalue weighted by atomic mass is 14.9. The molecule has 0 aliphatic carbocycles. The summed E-state index contributed by atoms with van der Waals surface area (Å²) in [6, 6.07) is 0. The Morgan fingerprint density at radius 1 is 1.36 bits per heavy atom. The largest absolute Gasteiger partial charge is 0.330 e. The third-order valence-corrected chi connectivity index (χ3v) is 2.68. The molecule has 2 nitrogen and oxygen atoms in total. The molecule has 0 aliphatic rings. The fourth-order valence-corrected chi connectivity index (χ4v) is 1.81. The summed E-state index contributed by atoms with van der Waals surface area (Å²) >= 11 is 0. The molecule has 0 aromatic heterocycles. The van der Waals surface area contributed by atoms with Gasteiger partial charge in [0, 0.05) is 6.54 Å². The molecule has 14 heavy (non-hydrogen) atoms. The summed E-state index contributed by atoms with van der Waals surface area (Å²) in [6.07, 6.45) is 3.69. The van der Waals surface area contributed by atoms with E-state index in [2.05, 4.69) is 33.0 Å². The van der Waals surface area contributed by atoms with Gasteiger partial charge in [-0.3, -0.25) is 0 Å². The molecule has 0 saturated carbocycles. The Balaban J connectivity index is 3.51. The number of nitrogens with one attached hydrogen (secondary N) is 1. The first-order chi connectivity index (χ1) is 6.52. The molecule has 0 aromatic carbocycles. The van der Waals surface area contributed by atoms with Crippen LogP contribution in [-0.4, -0.2) is 19.6 Å². The molecule has 3 N–H and O–H groups in total. The third-order valence-electron chi connectivity index (χ3n) is 2.68. The lowest BCUT2D eigenvalue weighted by molar-refractivity contribution is 0.301. The van der Waals surface area contributed by atoms with E-state index in [9.17, 15) is 0 Å². The molecule has 0 aliphatic heterocycles. The van der Waals surface area contributed by atoms with E-state index >= 15 is 0 Å². The number of rotatable bonds is 8. The number of hydrogen-bond acceptors (Lipinski definition) is 2. The Bertz CT molecular complexity index is 132. The van der Waals surface area contributed by atoms with Gasteiger partial charge < -0.3 is 11.1 Å². The first-order valence-electron chi connectivity index (χ1n) is 5.92. The Labute approximate surface area is 89.6 Å². The van der Waals surface area contributed by atoms with Gasteiger partial charge in [-0.05, 0) is 37.3 Å². The van der Waals surface area contributed by atoms with E-state index in [1.165, 1.54) is 12.8 Å². The molecule has 0 saturated heterocycles. The van der Waals surface area contributed by atoms with E-state index in [1.54, 1.807) is 0 Å². The Kier molecular flexibility index (Phi) is 7.20. The summed E-state index contributed by atoms with van der Waals surface area (Å²) < 4.78 is 0. The predicted octanol–water partition coefficient (Wildman–Crippen LogP) is 2.39. The average molecular weight is 200 g/mol. The van der Waals surface area contributed by atoms with E-state index in [0.717, 1.165) is 26.1 Å². The van der Waals surface area contributed by atoms with Crippen LogP contribution in [-0.2, 0) is 0 Å². The molecular formula is C12H28N2. The molecule has 0 aromatic rings. The maximum Gasteiger partial charge on any atom is 0.000263 e. The summed E-state index contributed by atoms with van der Waals surface area (Å²) in [5, 5.41) is 3.54. The standard InChI is InChI=1S/C12H28N2/c1-5-7-12(3,4)10-14-9-11(2)6-8-13/h11,14H,5-10,13H2,1-4H3. The molecule has 1 atom stereocenters. The Hall–Kier alpha value is -0.0800. The van der Waals surface area contributed by atoms with Crippen molar-refractivity contribution in [2.24, 2.45) is 17.1 Å². The molecule has 0 heterocycles. The number of nitrogens with two attached hydrogens (primary N) is 1. The van der Waals surface area contributed by atoms with Crippen LogP contribution in [0.1, 0.15) is 47.0 Å². The van der Waals surface area contributed by atoms with Gasteiger partial charge in [0.05, 0.1) is 0 Å². The quantitative estimate of drug-likeness (QED) is 0.631. The Morgan fingerprint density at radius 3 is 2.50 bits per heavy atom. The highest BCUT2D eigenvalue weighted by Crippen LogP contribution is 2.20. The molecule has 86 valence electrons. The average Bonchev–Trinajstić information content (AvgIpc) is 2.03. The smallest absolute Gasteiger partial charge is 0.000263 e. The second-order valence-corrected chi connectivity index (χ2v) is 5.23. The fourth-order valence-electron chi connectivity index (χ4n) is 1.81. The maximum absolute atomic E-state index is 5.51. The summed E-state index contributed by atoms with van der Waals surface area (Å²) in [5.41, 5.74) is 5.95. The molecule has 0 fully saturated rings. The second-order valence-electron chi connectivity index (χ2n) is 5.23. The van der Waals surface area contributed by atoms with E-state index < -0.39 is 0 Å².